The third kappa shape index (κ3) is 6.23. The van der Waals surface area contributed by atoms with Crippen LogP contribution < -0.4 is 14.8 Å². The molecule has 6 nitrogen and oxygen atoms in total. The number of nitrogens with zero attached hydrogens (tertiary/aromatic N) is 1. The maximum atomic E-state index is 13.2. The van der Waals surface area contributed by atoms with Crippen LogP contribution in [-0.2, 0) is 22.6 Å². The van der Waals surface area contributed by atoms with E-state index in [2.05, 4.69) is 5.32 Å². The molecule has 0 spiro atoms. The van der Waals surface area contributed by atoms with Crippen molar-refractivity contribution in [3.63, 3.8) is 0 Å². The molecule has 2 aromatic rings. The van der Waals surface area contributed by atoms with Gasteiger partial charge in [0.15, 0.2) is 11.5 Å². The molecule has 166 valence electrons. The van der Waals surface area contributed by atoms with E-state index >= 15 is 0 Å². The Morgan fingerprint density at radius 1 is 0.968 bits per heavy atom. The average Bonchev–Trinajstić information content (AvgIpc) is 2.76. The van der Waals surface area contributed by atoms with Crippen molar-refractivity contribution in [3.8, 4) is 11.5 Å². The minimum absolute atomic E-state index is 0.0176. The molecular weight excluding hydrogens is 392 g/mol. The second kappa shape index (κ2) is 10.3. The standard InChI is InChI=1S/C25H32N2O4/c1-17(2)26-25(29)19(4)27(16-21-7-5-18(3)6-8-21)24(28)12-10-20-9-11-22-23(15-20)31-14-13-30-22/h5-9,11,15,17,19H,10,12-14,16H2,1-4H3,(H,26,29). The van der Waals surface area contributed by atoms with Crippen LogP contribution in [0.1, 0.15) is 43.9 Å². The number of carbonyl (C=O) groups is 2. The molecule has 1 heterocycles. The summed E-state index contributed by atoms with van der Waals surface area (Å²) in [5.74, 6) is 1.26. The highest BCUT2D eigenvalue weighted by molar-refractivity contribution is 5.87. The fraction of sp³-hybridized carbons (Fsp3) is 0.440. The van der Waals surface area contributed by atoms with Gasteiger partial charge in [0.2, 0.25) is 11.8 Å². The molecule has 1 aliphatic rings. The average molecular weight is 425 g/mol. The third-order valence-electron chi connectivity index (χ3n) is 5.31. The van der Waals surface area contributed by atoms with E-state index in [1.165, 1.54) is 0 Å². The van der Waals surface area contributed by atoms with Gasteiger partial charge in [-0.3, -0.25) is 9.59 Å². The zero-order chi connectivity index (χ0) is 22.4. The smallest absolute Gasteiger partial charge is 0.242 e. The number of hydrogen-bond acceptors (Lipinski definition) is 4. The maximum absolute atomic E-state index is 13.2. The van der Waals surface area contributed by atoms with Crippen molar-refractivity contribution in [2.75, 3.05) is 13.2 Å². The van der Waals surface area contributed by atoms with Crippen LogP contribution in [0.15, 0.2) is 42.5 Å². The zero-order valence-electron chi connectivity index (χ0n) is 18.8. The number of hydrogen-bond donors (Lipinski definition) is 1. The lowest BCUT2D eigenvalue weighted by atomic mass is 10.1. The molecule has 0 aliphatic carbocycles. The molecule has 1 atom stereocenters. The molecule has 1 aliphatic heterocycles. The van der Waals surface area contributed by atoms with E-state index in [9.17, 15) is 9.59 Å². The zero-order valence-corrected chi connectivity index (χ0v) is 18.8. The Balaban J connectivity index is 1.71. The number of amides is 2. The van der Waals surface area contributed by atoms with Crippen molar-refractivity contribution in [1.29, 1.82) is 0 Å². The molecule has 0 aromatic heterocycles. The lowest BCUT2D eigenvalue weighted by Crippen LogP contribution is -2.49. The number of carbonyl (C=O) groups excluding carboxylic acids is 2. The summed E-state index contributed by atoms with van der Waals surface area (Å²) in [6, 6.07) is 13.3. The number of rotatable bonds is 8. The molecule has 0 radical (unpaired) electrons. The van der Waals surface area contributed by atoms with E-state index in [1.807, 2.05) is 63.2 Å². The normalized spacial score (nSPS) is 13.6. The van der Waals surface area contributed by atoms with Crippen LogP contribution in [0.25, 0.3) is 0 Å². The lowest BCUT2D eigenvalue weighted by Gasteiger charge is -2.29. The monoisotopic (exact) mass is 424 g/mol. The molecular formula is C25H32N2O4. The van der Waals surface area contributed by atoms with Gasteiger partial charge in [-0.15, -0.1) is 0 Å². The molecule has 0 bridgehead atoms. The molecule has 1 unspecified atom stereocenters. The number of fused-ring (bicyclic) bond motifs is 1. The van der Waals surface area contributed by atoms with E-state index < -0.39 is 6.04 Å². The van der Waals surface area contributed by atoms with Gasteiger partial charge in [0.1, 0.15) is 19.3 Å². The van der Waals surface area contributed by atoms with E-state index in [4.69, 9.17) is 9.47 Å². The Hall–Kier alpha value is -3.02. The SMILES string of the molecule is Cc1ccc(CN(C(=O)CCc2ccc3c(c2)OCCO3)C(C)C(=O)NC(C)C)cc1. The van der Waals surface area contributed by atoms with Gasteiger partial charge in [-0.25, -0.2) is 0 Å². The van der Waals surface area contributed by atoms with Crippen molar-refractivity contribution in [2.24, 2.45) is 0 Å². The Bertz CT molecular complexity index is 908. The first-order chi connectivity index (χ1) is 14.8. The first-order valence-corrected chi connectivity index (χ1v) is 10.9. The van der Waals surface area contributed by atoms with Crippen LogP contribution in [0.4, 0.5) is 0 Å². The highest BCUT2D eigenvalue weighted by Gasteiger charge is 2.26. The Morgan fingerprint density at radius 2 is 1.61 bits per heavy atom. The van der Waals surface area contributed by atoms with Gasteiger partial charge in [0.05, 0.1) is 0 Å². The van der Waals surface area contributed by atoms with Gasteiger partial charge in [-0.05, 0) is 57.4 Å². The van der Waals surface area contributed by atoms with Gasteiger partial charge < -0.3 is 19.7 Å². The van der Waals surface area contributed by atoms with Crippen LogP contribution in [0, 0.1) is 6.92 Å². The van der Waals surface area contributed by atoms with Crippen LogP contribution >= 0.6 is 0 Å². The van der Waals surface area contributed by atoms with Crippen molar-refractivity contribution < 1.29 is 19.1 Å². The molecule has 0 saturated carbocycles. The van der Waals surface area contributed by atoms with Crippen molar-refractivity contribution in [3.05, 3.63) is 59.2 Å². The third-order valence-corrected chi connectivity index (χ3v) is 5.31. The summed E-state index contributed by atoms with van der Waals surface area (Å²) >= 11 is 0. The predicted octanol–water partition coefficient (Wildman–Crippen LogP) is 3.64. The molecule has 0 fully saturated rings. The van der Waals surface area contributed by atoms with E-state index in [1.54, 1.807) is 11.8 Å². The predicted molar refractivity (Wildman–Crippen MR) is 120 cm³/mol. The van der Waals surface area contributed by atoms with Crippen LogP contribution in [0.5, 0.6) is 11.5 Å². The van der Waals surface area contributed by atoms with Gasteiger partial charge >= 0.3 is 0 Å². The first kappa shape index (κ1) is 22.7. The minimum atomic E-state index is -0.559. The fourth-order valence-corrected chi connectivity index (χ4v) is 3.52. The van der Waals surface area contributed by atoms with Gasteiger partial charge in [0, 0.05) is 19.0 Å². The fourth-order valence-electron chi connectivity index (χ4n) is 3.52. The van der Waals surface area contributed by atoms with Crippen molar-refractivity contribution >= 4 is 11.8 Å². The van der Waals surface area contributed by atoms with Crippen LogP contribution in [0.2, 0.25) is 0 Å². The van der Waals surface area contributed by atoms with Crippen molar-refractivity contribution in [2.45, 2.75) is 59.2 Å². The summed E-state index contributed by atoms with van der Waals surface area (Å²) in [5, 5.41) is 2.92. The van der Waals surface area contributed by atoms with Gasteiger partial charge in [-0.1, -0.05) is 35.9 Å². The number of ether oxygens (including phenoxy) is 2. The number of aryl methyl sites for hydroxylation is 2. The summed E-state index contributed by atoms with van der Waals surface area (Å²) < 4.78 is 11.2. The number of nitrogens with one attached hydrogen (secondary N) is 1. The Kier molecular flexibility index (Phi) is 7.55. The maximum Gasteiger partial charge on any atom is 0.242 e. The summed E-state index contributed by atoms with van der Waals surface area (Å²) in [6.45, 7) is 9.12. The number of benzene rings is 2. The van der Waals surface area contributed by atoms with E-state index in [0.717, 1.165) is 28.2 Å². The molecule has 31 heavy (non-hydrogen) atoms. The lowest BCUT2D eigenvalue weighted by molar-refractivity contribution is -0.140. The molecule has 6 heteroatoms. The van der Waals surface area contributed by atoms with Crippen molar-refractivity contribution in [1.82, 2.24) is 10.2 Å². The van der Waals surface area contributed by atoms with E-state index in [0.29, 0.717) is 32.6 Å². The van der Waals surface area contributed by atoms with Gasteiger partial charge in [0.25, 0.3) is 0 Å². The highest BCUT2D eigenvalue weighted by Crippen LogP contribution is 2.31. The van der Waals surface area contributed by atoms with E-state index in [-0.39, 0.29) is 17.9 Å². The molecule has 1 N–H and O–H groups in total. The molecule has 0 saturated heterocycles. The highest BCUT2D eigenvalue weighted by atomic mass is 16.6. The summed E-state index contributed by atoms with van der Waals surface area (Å²) in [6.07, 6.45) is 0.878. The molecule has 3 rings (SSSR count). The summed E-state index contributed by atoms with van der Waals surface area (Å²) in [4.78, 5) is 27.5. The van der Waals surface area contributed by atoms with Crippen LogP contribution in [0.3, 0.4) is 0 Å². The second-order valence-electron chi connectivity index (χ2n) is 8.32. The minimum Gasteiger partial charge on any atom is -0.486 e. The molecule has 2 amide bonds. The second-order valence-corrected chi connectivity index (χ2v) is 8.32. The summed E-state index contributed by atoms with van der Waals surface area (Å²) in [7, 11) is 0. The molecule has 2 aromatic carbocycles. The Morgan fingerprint density at radius 3 is 2.29 bits per heavy atom. The first-order valence-electron chi connectivity index (χ1n) is 10.9. The summed E-state index contributed by atoms with van der Waals surface area (Å²) in [5.41, 5.74) is 3.17. The largest absolute Gasteiger partial charge is 0.486 e. The quantitative estimate of drug-likeness (QED) is 0.703. The van der Waals surface area contributed by atoms with Gasteiger partial charge in [-0.2, -0.15) is 0 Å². The van der Waals surface area contributed by atoms with Crippen LogP contribution in [-0.4, -0.2) is 42.0 Å². The Labute approximate surface area is 184 Å². The topological polar surface area (TPSA) is 67.9 Å².